The van der Waals surface area contributed by atoms with E-state index in [9.17, 15) is 0 Å². The number of aromatic nitrogens is 5. The highest BCUT2D eigenvalue weighted by Gasteiger charge is 2.12. The maximum atomic E-state index is 5.33. The standard InChI is InChI=1S/C7H9N5O/c1-4(2)6-11-12-7(13-6)5-8-3-9-10-5/h3-4H,1-2H3,(H,8,9,10). The molecule has 0 bridgehead atoms. The highest BCUT2D eigenvalue weighted by molar-refractivity contribution is 5.36. The maximum absolute atomic E-state index is 5.33. The summed E-state index contributed by atoms with van der Waals surface area (Å²) < 4.78 is 5.33. The Morgan fingerprint density at radius 2 is 2.23 bits per heavy atom. The number of hydrogen-bond donors (Lipinski definition) is 1. The van der Waals surface area contributed by atoms with Gasteiger partial charge in [0.1, 0.15) is 6.33 Å². The van der Waals surface area contributed by atoms with E-state index in [1.807, 2.05) is 13.8 Å². The molecule has 68 valence electrons. The van der Waals surface area contributed by atoms with E-state index in [-0.39, 0.29) is 5.92 Å². The first kappa shape index (κ1) is 7.90. The largest absolute Gasteiger partial charge is 0.418 e. The van der Waals surface area contributed by atoms with Crippen LogP contribution in [-0.2, 0) is 0 Å². The lowest BCUT2D eigenvalue weighted by Gasteiger charge is -1.92. The molecule has 2 aromatic heterocycles. The Balaban J connectivity index is 2.33. The molecule has 0 aliphatic heterocycles. The van der Waals surface area contributed by atoms with Gasteiger partial charge in [0.25, 0.3) is 5.89 Å². The summed E-state index contributed by atoms with van der Waals surface area (Å²) >= 11 is 0. The summed E-state index contributed by atoms with van der Waals surface area (Å²) in [6, 6.07) is 0. The third kappa shape index (κ3) is 1.42. The van der Waals surface area contributed by atoms with Gasteiger partial charge in [-0.25, -0.2) is 4.98 Å². The van der Waals surface area contributed by atoms with Crippen molar-refractivity contribution in [2.24, 2.45) is 0 Å². The smallest absolute Gasteiger partial charge is 0.285 e. The Labute approximate surface area is 74.4 Å². The number of H-pyrrole nitrogens is 1. The second kappa shape index (κ2) is 2.96. The lowest BCUT2D eigenvalue weighted by Crippen LogP contribution is -1.85. The highest BCUT2D eigenvalue weighted by atomic mass is 16.4. The summed E-state index contributed by atoms with van der Waals surface area (Å²) in [4.78, 5) is 3.90. The molecule has 0 aliphatic rings. The van der Waals surface area contributed by atoms with Gasteiger partial charge in [-0.1, -0.05) is 13.8 Å². The third-order valence-corrected chi connectivity index (χ3v) is 1.55. The van der Waals surface area contributed by atoms with Gasteiger partial charge in [0, 0.05) is 5.92 Å². The number of hydrogen-bond acceptors (Lipinski definition) is 5. The topological polar surface area (TPSA) is 80.5 Å². The van der Waals surface area contributed by atoms with Crippen molar-refractivity contribution in [2.75, 3.05) is 0 Å². The maximum Gasteiger partial charge on any atom is 0.285 e. The first-order valence-corrected chi connectivity index (χ1v) is 3.96. The molecule has 0 aliphatic carbocycles. The number of aromatic amines is 1. The Morgan fingerprint density at radius 3 is 2.77 bits per heavy atom. The lowest BCUT2D eigenvalue weighted by atomic mass is 10.2. The van der Waals surface area contributed by atoms with Crippen LogP contribution >= 0.6 is 0 Å². The van der Waals surface area contributed by atoms with E-state index in [4.69, 9.17) is 4.42 Å². The van der Waals surface area contributed by atoms with Gasteiger partial charge in [-0.15, -0.1) is 10.2 Å². The summed E-state index contributed by atoms with van der Waals surface area (Å²) in [7, 11) is 0. The van der Waals surface area contributed by atoms with E-state index in [0.29, 0.717) is 17.6 Å². The van der Waals surface area contributed by atoms with Crippen LogP contribution in [-0.4, -0.2) is 25.4 Å². The quantitative estimate of drug-likeness (QED) is 0.743. The molecule has 6 heteroatoms. The summed E-state index contributed by atoms with van der Waals surface area (Å²) in [6.07, 6.45) is 1.40. The van der Waals surface area contributed by atoms with Gasteiger partial charge in [-0.3, -0.25) is 5.10 Å². The van der Waals surface area contributed by atoms with E-state index in [1.54, 1.807) is 0 Å². The van der Waals surface area contributed by atoms with Crippen molar-refractivity contribution in [1.82, 2.24) is 25.4 Å². The van der Waals surface area contributed by atoms with Crippen LogP contribution in [0.1, 0.15) is 25.7 Å². The van der Waals surface area contributed by atoms with Crippen molar-refractivity contribution < 1.29 is 4.42 Å². The molecule has 0 saturated carbocycles. The SMILES string of the molecule is CC(C)c1nnc(-c2ncn[nH]2)o1. The third-order valence-electron chi connectivity index (χ3n) is 1.55. The lowest BCUT2D eigenvalue weighted by molar-refractivity contribution is 0.478. The van der Waals surface area contributed by atoms with Crippen molar-refractivity contribution in [3.63, 3.8) is 0 Å². The van der Waals surface area contributed by atoms with Crippen LogP contribution in [0, 0.1) is 0 Å². The Morgan fingerprint density at radius 1 is 1.38 bits per heavy atom. The molecule has 2 heterocycles. The van der Waals surface area contributed by atoms with Crippen LogP contribution < -0.4 is 0 Å². The minimum Gasteiger partial charge on any atom is -0.418 e. The zero-order valence-electron chi connectivity index (χ0n) is 7.35. The normalized spacial score (nSPS) is 11.0. The molecule has 0 atom stereocenters. The molecular formula is C7H9N5O. The zero-order chi connectivity index (χ0) is 9.26. The molecule has 13 heavy (non-hydrogen) atoms. The van der Waals surface area contributed by atoms with Crippen molar-refractivity contribution in [3.8, 4) is 11.7 Å². The van der Waals surface area contributed by atoms with Crippen molar-refractivity contribution in [3.05, 3.63) is 12.2 Å². The van der Waals surface area contributed by atoms with Gasteiger partial charge >= 0.3 is 0 Å². The predicted octanol–water partition coefficient (Wildman–Crippen LogP) is 0.978. The monoisotopic (exact) mass is 179 g/mol. The Hall–Kier alpha value is -1.72. The fourth-order valence-electron chi connectivity index (χ4n) is 0.872. The fraction of sp³-hybridized carbons (Fsp3) is 0.429. The predicted molar refractivity (Wildman–Crippen MR) is 43.8 cm³/mol. The van der Waals surface area contributed by atoms with Crippen LogP contribution in [0.5, 0.6) is 0 Å². The molecule has 0 radical (unpaired) electrons. The minimum atomic E-state index is 0.226. The Bertz CT molecular complexity index is 377. The molecule has 2 rings (SSSR count). The van der Waals surface area contributed by atoms with Crippen LogP contribution in [0.2, 0.25) is 0 Å². The van der Waals surface area contributed by atoms with E-state index in [1.165, 1.54) is 6.33 Å². The second-order valence-electron chi connectivity index (χ2n) is 2.93. The first-order valence-electron chi connectivity index (χ1n) is 3.96. The Kier molecular flexibility index (Phi) is 1.80. The van der Waals surface area contributed by atoms with Crippen molar-refractivity contribution in [1.29, 1.82) is 0 Å². The van der Waals surface area contributed by atoms with Crippen LogP contribution in [0.25, 0.3) is 11.7 Å². The van der Waals surface area contributed by atoms with E-state index >= 15 is 0 Å². The molecule has 0 aromatic carbocycles. The summed E-state index contributed by atoms with van der Waals surface area (Å²) in [5, 5.41) is 14.0. The second-order valence-corrected chi connectivity index (χ2v) is 2.93. The molecule has 1 N–H and O–H groups in total. The summed E-state index contributed by atoms with van der Waals surface area (Å²) in [6.45, 7) is 3.97. The average Bonchev–Trinajstić information content (AvgIpc) is 2.75. The van der Waals surface area contributed by atoms with Crippen LogP contribution in [0.4, 0.5) is 0 Å². The fourth-order valence-corrected chi connectivity index (χ4v) is 0.872. The van der Waals surface area contributed by atoms with Gasteiger partial charge in [0.2, 0.25) is 11.7 Å². The number of nitrogens with one attached hydrogen (secondary N) is 1. The van der Waals surface area contributed by atoms with Gasteiger partial charge in [0.15, 0.2) is 0 Å². The zero-order valence-corrected chi connectivity index (χ0v) is 7.35. The molecule has 6 nitrogen and oxygen atoms in total. The molecule has 0 spiro atoms. The van der Waals surface area contributed by atoms with Gasteiger partial charge in [-0.2, -0.15) is 5.10 Å². The van der Waals surface area contributed by atoms with Gasteiger partial charge < -0.3 is 4.42 Å². The molecule has 0 unspecified atom stereocenters. The van der Waals surface area contributed by atoms with Gasteiger partial charge in [0.05, 0.1) is 0 Å². The number of rotatable bonds is 2. The van der Waals surface area contributed by atoms with E-state index in [2.05, 4.69) is 25.4 Å². The van der Waals surface area contributed by atoms with Crippen LogP contribution in [0.3, 0.4) is 0 Å². The van der Waals surface area contributed by atoms with Crippen molar-refractivity contribution in [2.45, 2.75) is 19.8 Å². The first-order chi connectivity index (χ1) is 6.27. The molecule has 0 amide bonds. The molecule has 0 fully saturated rings. The van der Waals surface area contributed by atoms with E-state index in [0.717, 1.165) is 0 Å². The van der Waals surface area contributed by atoms with E-state index < -0.39 is 0 Å². The average molecular weight is 179 g/mol. The number of nitrogens with zero attached hydrogens (tertiary/aromatic N) is 4. The van der Waals surface area contributed by atoms with Gasteiger partial charge in [-0.05, 0) is 0 Å². The van der Waals surface area contributed by atoms with Crippen LogP contribution in [0.15, 0.2) is 10.7 Å². The highest BCUT2D eigenvalue weighted by Crippen LogP contribution is 2.16. The summed E-state index contributed by atoms with van der Waals surface area (Å²) in [5.41, 5.74) is 0. The molecule has 2 aromatic rings. The minimum absolute atomic E-state index is 0.226. The molecular weight excluding hydrogens is 170 g/mol. The molecule has 0 saturated heterocycles. The van der Waals surface area contributed by atoms with Crippen molar-refractivity contribution >= 4 is 0 Å². The summed E-state index contributed by atoms with van der Waals surface area (Å²) in [5.74, 6) is 1.70.